The van der Waals surface area contributed by atoms with Crippen molar-refractivity contribution in [1.82, 2.24) is 29.4 Å². The van der Waals surface area contributed by atoms with E-state index >= 15 is 4.39 Å². The number of benzene rings is 1. The van der Waals surface area contributed by atoms with Crippen molar-refractivity contribution < 1.29 is 13.9 Å². The van der Waals surface area contributed by atoms with Crippen LogP contribution in [0.15, 0.2) is 47.8 Å². The van der Waals surface area contributed by atoms with Crippen molar-refractivity contribution >= 4 is 34.4 Å². The summed E-state index contributed by atoms with van der Waals surface area (Å²) in [5.74, 6) is -0.560. The highest BCUT2D eigenvalue weighted by Crippen LogP contribution is 2.37. The second-order valence-corrected chi connectivity index (χ2v) is 12.3. The SMILES string of the molecule is C=CC(=O)N1CC(C)N(c2nc(=O)n(-c3c(C(C)C)nc(OC)nc3C(C)C)c3nc(-c4ccccc4F)c(Cl)cc23)CC1C. The van der Waals surface area contributed by atoms with E-state index in [1.54, 1.807) is 29.2 Å². The molecule has 0 aliphatic carbocycles. The molecule has 0 saturated carbocycles. The number of pyridine rings is 1. The van der Waals surface area contributed by atoms with Gasteiger partial charge in [-0.2, -0.15) is 15.0 Å². The third-order valence-corrected chi connectivity index (χ3v) is 8.35. The molecule has 45 heavy (non-hydrogen) atoms. The van der Waals surface area contributed by atoms with Gasteiger partial charge in [0.15, 0.2) is 5.65 Å². The summed E-state index contributed by atoms with van der Waals surface area (Å²) >= 11 is 6.84. The standard InChI is InChI=1S/C33H37ClFN7O3/c1-9-25(43)40-15-20(7)41(16-19(40)6)30-22-14-23(34)28(21-12-10-11-13-24(21)35)36-31(22)42(33(44)39-30)29-26(17(2)3)37-32(45-8)38-27(29)18(4)5/h9-14,17-20H,1,15-16H2,2-8H3. The number of halogens is 2. The fourth-order valence-electron chi connectivity index (χ4n) is 5.81. The molecule has 0 N–H and O–H groups in total. The molecule has 2 atom stereocenters. The van der Waals surface area contributed by atoms with Crippen LogP contribution in [-0.2, 0) is 4.79 Å². The predicted molar refractivity (Wildman–Crippen MR) is 174 cm³/mol. The minimum Gasteiger partial charge on any atom is -0.467 e. The molecule has 1 aromatic carbocycles. The van der Waals surface area contributed by atoms with Crippen LogP contribution in [-0.4, -0.2) is 67.6 Å². The number of piperazine rings is 1. The van der Waals surface area contributed by atoms with Crippen molar-refractivity contribution in [3.8, 4) is 23.0 Å². The van der Waals surface area contributed by atoms with Crippen LogP contribution < -0.4 is 15.3 Å². The first-order valence-electron chi connectivity index (χ1n) is 14.9. The van der Waals surface area contributed by atoms with Crippen LogP contribution in [0.4, 0.5) is 10.2 Å². The lowest BCUT2D eigenvalue weighted by molar-refractivity contribution is -0.128. The lowest BCUT2D eigenvalue weighted by atomic mass is 10.0. The van der Waals surface area contributed by atoms with Crippen LogP contribution in [0.1, 0.15) is 64.8 Å². The highest BCUT2D eigenvalue weighted by molar-refractivity contribution is 6.33. The summed E-state index contributed by atoms with van der Waals surface area (Å²) in [6, 6.07) is 7.68. The van der Waals surface area contributed by atoms with E-state index in [2.05, 4.69) is 21.5 Å². The Labute approximate surface area is 266 Å². The van der Waals surface area contributed by atoms with Gasteiger partial charge in [-0.25, -0.2) is 18.7 Å². The average molecular weight is 634 g/mol. The summed E-state index contributed by atoms with van der Waals surface area (Å²) in [5.41, 5.74) is 1.61. The van der Waals surface area contributed by atoms with Gasteiger partial charge in [0, 0.05) is 30.7 Å². The molecule has 12 heteroatoms. The number of methoxy groups -OCH3 is 1. The first-order chi connectivity index (χ1) is 21.4. The normalized spacial score (nSPS) is 17.0. The fraction of sp³-hybridized carbons (Fsp3) is 0.394. The van der Waals surface area contributed by atoms with E-state index in [4.69, 9.17) is 21.3 Å². The van der Waals surface area contributed by atoms with E-state index in [0.29, 0.717) is 41.4 Å². The maximum Gasteiger partial charge on any atom is 0.355 e. The van der Waals surface area contributed by atoms with Crippen molar-refractivity contribution in [2.75, 3.05) is 25.1 Å². The van der Waals surface area contributed by atoms with Crippen LogP contribution >= 0.6 is 11.6 Å². The van der Waals surface area contributed by atoms with Gasteiger partial charge in [-0.15, -0.1) is 0 Å². The van der Waals surface area contributed by atoms with E-state index in [1.165, 1.54) is 23.8 Å². The van der Waals surface area contributed by atoms with Crippen molar-refractivity contribution in [3.05, 3.63) is 75.7 Å². The molecule has 0 radical (unpaired) electrons. The number of carbonyl (C=O) groups excluding carboxylic acids is 1. The summed E-state index contributed by atoms with van der Waals surface area (Å²) in [6.07, 6.45) is 1.30. The summed E-state index contributed by atoms with van der Waals surface area (Å²) in [7, 11) is 1.50. The maximum atomic E-state index is 15.1. The second-order valence-electron chi connectivity index (χ2n) is 11.9. The zero-order chi connectivity index (χ0) is 32.7. The Balaban J connectivity index is 1.88. The van der Waals surface area contributed by atoms with Crippen molar-refractivity contribution in [3.63, 3.8) is 0 Å². The quantitative estimate of drug-likeness (QED) is 0.232. The number of hydrogen-bond donors (Lipinski definition) is 0. The number of fused-ring (bicyclic) bond motifs is 1. The number of hydrogen-bond acceptors (Lipinski definition) is 8. The average Bonchev–Trinajstić information content (AvgIpc) is 3.01. The molecule has 1 amide bonds. The molecule has 3 aromatic heterocycles. The number of amides is 1. The summed E-state index contributed by atoms with van der Waals surface area (Å²) in [5, 5.41) is 0.684. The molecule has 236 valence electrons. The van der Waals surface area contributed by atoms with E-state index in [-0.39, 0.29) is 57.8 Å². The Morgan fingerprint density at radius 1 is 1.04 bits per heavy atom. The molecule has 10 nitrogen and oxygen atoms in total. The molecule has 1 aliphatic heterocycles. The molecule has 2 unspecified atom stereocenters. The Morgan fingerprint density at radius 3 is 2.27 bits per heavy atom. The number of anilines is 1. The first-order valence-corrected chi connectivity index (χ1v) is 15.3. The lowest BCUT2D eigenvalue weighted by Crippen LogP contribution is -2.58. The minimum absolute atomic E-state index is 0.134. The Bertz CT molecular complexity index is 1830. The summed E-state index contributed by atoms with van der Waals surface area (Å²) in [4.78, 5) is 49.4. The summed E-state index contributed by atoms with van der Waals surface area (Å²) < 4.78 is 22.0. The third kappa shape index (κ3) is 5.77. The number of nitrogens with zero attached hydrogens (tertiary/aromatic N) is 7. The maximum absolute atomic E-state index is 15.1. The van der Waals surface area contributed by atoms with Gasteiger partial charge >= 0.3 is 11.7 Å². The van der Waals surface area contributed by atoms with Crippen LogP contribution in [0.2, 0.25) is 5.02 Å². The van der Waals surface area contributed by atoms with Gasteiger partial charge in [0.2, 0.25) is 5.91 Å². The third-order valence-electron chi connectivity index (χ3n) is 8.06. The molecule has 1 saturated heterocycles. The number of ether oxygens (including phenoxy) is 1. The van der Waals surface area contributed by atoms with Gasteiger partial charge in [-0.3, -0.25) is 4.79 Å². The van der Waals surface area contributed by atoms with Gasteiger partial charge < -0.3 is 14.5 Å². The molecular formula is C33H37ClFN7O3. The second kappa shape index (κ2) is 12.5. The molecule has 4 aromatic rings. The van der Waals surface area contributed by atoms with Crippen molar-refractivity contribution in [2.24, 2.45) is 0 Å². The van der Waals surface area contributed by atoms with E-state index in [0.717, 1.165) is 0 Å². The molecule has 1 aliphatic rings. The highest BCUT2D eigenvalue weighted by atomic mass is 35.5. The van der Waals surface area contributed by atoms with Crippen LogP contribution in [0.3, 0.4) is 0 Å². The van der Waals surface area contributed by atoms with Crippen LogP contribution in [0.5, 0.6) is 6.01 Å². The largest absolute Gasteiger partial charge is 0.467 e. The minimum atomic E-state index is -0.603. The smallest absolute Gasteiger partial charge is 0.355 e. The van der Waals surface area contributed by atoms with Gasteiger partial charge in [0.05, 0.1) is 40.3 Å². The zero-order valence-corrected chi connectivity index (χ0v) is 27.3. The zero-order valence-electron chi connectivity index (χ0n) is 26.5. The van der Waals surface area contributed by atoms with Crippen LogP contribution in [0.25, 0.3) is 28.0 Å². The molecule has 0 spiro atoms. The first kappa shape index (κ1) is 32.0. The van der Waals surface area contributed by atoms with Gasteiger partial charge in [-0.1, -0.05) is 58.0 Å². The number of rotatable bonds is 7. The summed E-state index contributed by atoms with van der Waals surface area (Å²) in [6.45, 7) is 16.2. The molecule has 4 heterocycles. The Hall–Kier alpha value is -4.38. The molecule has 0 bridgehead atoms. The Morgan fingerprint density at radius 2 is 1.69 bits per heavy atom. The fourth-order valence-corrected chi connectivity index (χ4v) is 6.06. The topological polar surface area (TPSA) is 106 Å². The predicted octanol–water partition coefficient (Wildman–Crippen LogP) is 5.90. The van der Waals surface area contributed by atoms with Gasteiger partial charge in [0.1, 0.15) is 11.6 Å². The lowest BCUT2D eigenvalue weighted by Gasteiger charge is -2.44. The Kier molecular flexibility index (Phi) is 8.93. The van der Waals surface area contributed by atoms with Gasteiger partial charge in [-0.05, 0) is 50.0 Å². The number of carbonyl (C=O) groups is 1. The van der Waals surface area contributed by atoms with Gasteiger partial charge in [0.25, 0.3) is 0 Å². The van der Waals surface area contributed by atoms with Crippen molar-refractivity contribution in [1.29, 1.82) is 0 Å². The van der Waals surface area contributed by atoms with E-state index in [1.807, 2.05) is 46.4 Å². The molecule has 5 rings (SSSR count). The van der Waals surface area contributed by atoms with Crippen molar-refractivity contribution in [2.45, 2.75) is 65.5 Å². The highest BCUT2D eigenvalue weighted by Gasteiger charge is 2.34. The number of aromatic nitrogens is 5. The van der Waals surface area contributed by atoms with Crippen LogP contribution in [0, 0.1) is 5.82 Å². The molecular weight excluding hydrogens is 597 g/mol. The van der Waals surface area contributed by atoms with E-state index in [9.17, 15) is 9.59 Å². The molecule has 1 fully saturated rings. The monoisotopic (exact) mass is 633 g/mol. The van der Waals surface area contributed by atoms with E-state index < -0.39 is 11.5 Å².